The molecule has 3 atom stereocenters. The van der Waals surface area contributed by atoms with Crippen LogP contribution in [0.5, 0.6) is 11.5 Å². The van der Waals surface area contributed by atoms with Crippen LogP contribution in [0.4, 0.5) is 0 Å². The van der Waals surface area contributed by atoms with E-state index >= 15 is 0 Å². The van der Waals surface area contributed by atoms with E-state index in [-0.39, 0.29) is 6.10 Å². The van der Waals surface area contributed by atoms with Gasteiger partial charge in [-0.1, -0.05) is 0 Å². The number of rotatable bonds is 3. The second kappa shape index (κ2) is 5.18. The Balaban J connectivity index is 1.53. The van der Waals surface area contributed by atoms with E-state index < -0.39 is 0 Å². The lowest BCUT2D eigenvalue weighted by Gasteiger charge is -2.19. The van der Waals surface area contributed by atoms with Gasteiger partial charge in [-0.15, -0.1) is 0 Å². The Morgan fingerprint density at radius 1 is 1.29 bits per heavy atom. The van der Waals surface area contributed by atoms with Crippen molar-refractivity contribution in [3.05, 3.63) is 23.3 Å². The smallest absolute Gasteiger partial charge is 0.123 e. The maximum absolute atomic E-state index is 5.90. The zero-order valence-corrected chi connectivity index (χ0v) is 12.9. The predicted octanol–water partition coefficient (Wildman–Crippen LogP) is 1.67. The van der Waals surface area contributed by atoms with Crippen molar-refractivity contribution in [1.29, 1.82) is 0 Å². The van der Waals surface area contributed by atoms with Gasteiger partial charge in [0.15, 0.2) is 0 Å². The van der Waals surface area contributed by atoms with Crippen molar-refractivity contribution < 1.29 is 9.47 Å². The number of nitrogens with zero attached hydrogens (tertiary/aromatic N) is 1. The molecule has 0 aromatic heterocycles. The Morgan fingerprint density at radius 2 is 2.05 bits per heavy atom. The number of ether oxygens (including phenoxy) is 2. The summed E-state index contributed by atoms with van der Waals surface area (Å²) in [7, 11) is 1.77. The number of benzene rings is 1. The summed E-state index contributed by atoms with van der Waals surface area (Å²) >= 11 is 0. The molecule has 0 saturated carbocycles. The van der Waals surface area contributed by atoms with Gasteiger partial charge in [0, 0.05) is 37.2 Å². The van der Waals surface area contributed by atoms with Crippen molar-refractivity contribution in [2.75, 3.05) is 33.3 Å². The van der Waals surface area contributed by atoms with Gasteiger partial charge in [0.25, 0.3) is 0 Å². The molecule has 0 amide bonds. The first-order valence-electron chi connectivity index (χ1n) is 8.02. The minimum absolute atomic E-state index is 0.289. The van der Waals surface area contributed by atoms with Gasteiger partial charge in [-0.2, -0.15) is 0 Å². The molecule has 2 fully saturated rings. The average Bonchev–Trinajstić information content (AvgIpc) is 3.10. The summed E-state index contributed by atoms with van der Waals surface area (Å²) in [6.07, 6.45) is 1.28. The van der Waals surface area contributed by atoms with Crippen molar-refractivity contribution in [2.24, 2.45) is 11.8 Å². The second-order valence-electron chi connectivity index (χ2n) is 6.78. The Morgan fingerprint density at radius 3 is 2.76 bits per heavy atom. The molecule has 3 unspecified atom stereocenters. The second-order valence-corrected chi connectivity index (χ2v) is 6.78. The van der Waals surface area contributed by atoms with E-state index in [0.29, 0.717) is 0 Å². The van der Waals surface area contributed by atoms with Crippen LogP contribution in [0.25, 0.3) is 0 Å². The predicted molar refractivity (Wildman–Crippen MR) is 81.9 cm³/mol. The lowest BCUT2D eigenvalue weighted by Crippen LogP contribution is -2.25. The third-order valence-electron chi connectivity index (χ3n) is 5.16. The van der Waals surface area contributed by atoms with Crippen LogP contribution in [-0.2, 0) is 13.0 Å². The molecule has 2 saturated heterocycles. The molecule has 114 valence electrons. The Kier molecular flexibility index (Phi) is 3.31. The van der Waals surface area contributed by atoms with Gasteiger partial charge >= 0.3 is 0 Å². The van der Waals surface area contributed by atoms with Gasteiger partial charge in [0.2, 0.25) is 0 Å². The molecule has 0 radical (unpaired) electrons. The van der Waals surface area contributed by atoms with E-state index in [9.17, 15) is 0 Å². The summed E-state index contributed by atoms with van der Waals surface area (Å²) in [6.45, 7) is 7.87. The van der Waals surface area contributed by atoms with Crippen molar-refractivity contribution in [3.8, 4) is 11.5 Å². The van der Waals surface area contributed by atoms with Crippen molar-refractivity contribution in [1.82, 2.24) is 10.2 Å². The van der Waals surface area contributed by atoms with Crippen LogP contribution in [0.15, 0.2) is 12.1 Å². The first-order chi connectivity index (χ1) is 10.2. The largest absolute Gasteiger partial charge is 0.496 e. The fourth-order valence-electron chi connectivity index (χ4n) is 4.12. The van der Waals surface area contributed by atoms with Crippen LogP contribution in [0, 0.1) is 11.8 Å². The zero-order valence-electron chi connectivity index (χ0n) is 12.9. The fraction of sp³-hybridized carbons (Fsp3) is 0.647. The molecular formula is C17H24N2O2. The lowest BCUT2D eigenvalue weighted by atomic mass is 10.0. The summed E-state index contributed by atoms with van der Waals surface area (Å²) in [4.78, 5) is 2.57. The van der Waals surface area contributed by atoms with Gasteiger partial charge in [-0.25, -0.2) is 0 Å². The molecular weight excluding hydrogens is 264 g/mol. The quantitative estimate of drug-likeness (QED) is 0.917. The normalized spacial score (nSPS) is 31.0. The van der Waals surface area contributed by atoms with Crippen molar-refractivity contribution >= 4 is 0 Å². The number of nitrogens with one attached hydrogen (secondary N) is 1. The van der Waals surface area contributed by atoms with Crippen LogP contribution in [0.3, 0.4) is 0 Å². The van der Waals surface area contributed by atoms with Gasteiger partial charge < -0.3 is 14.8 Å². The number of fused-ring (bicyclic) bond motifs is 2. The molecule has 1 N–H and O–H groups in total. The van der Waals surface area contributed by atoms with E-state index in [4.69, 9.17) is 9.47 Å². The van der Waals surface area contributed by atoms with E-state index in [1.807, 2.05) is 0 Å². The molecule has 0 spiro atoms. The molecule has 0 aliphatic carbocycles. The van der Waals surface area contributed by atoms with E-state index in [1.54, 1.807) is 7.11 Å². The highest BCUT2D eigenvalue weighted by atomic mass is 16.5. The number of hydrogen-bond donors (Lipinski definition) is 1. The number of methoxy groups -OCH3 is 1. The zero-order chi connectivity index (χ0) is 14.4. The molecule has 3 aliphatic rings. The van der Waals surface area contributed by atoms with Gasteiger partial charge in [0.05, 0.1) is 7.11 Å². The molecule has 4 nitrogen and oxygen atoms in total. The third kappa shape index (κ3) is 2.40. The standard InChI is InChI=1S/C17H24N2O2/c1-11-3-12-4-16(20-2)13(5-17(12)21-11)8-19-9-14-6-18-7-15(14)10-19/h4-5,11,14-15,18H,3,6-10H2,1-2H3. The average molecular weight is 288 g/mol. The minimum atomic E-state index is 0.289. The van der Waals surface area contributed by atoms with Gasteiger partial charge in [-0.3, -0.25) is 4.90 Å². The van der Waals surface area contributed by atoms with E-state index in [1.165, 1.54) is 37.3 Å². The van der Waals surface area contributed by atoms with Gasteiger partial charge in [0.1, 0.15) is 17.6 Å². The maximum Gasteiger partial charge on any atom is 0.123 e. The highest BCUT2D eigenvalue weighted by Crippen LogP contribution is 2.36. The summed E-state index contributed by atoms with van der Waals surface area (Å²) in [6, 6.07) is 4.37. The number of hydrogen-bond acceptors (Lipinski definition) is 4. The molecule has 3 aliphatic heterocycles. The summed E-state index contributed by atoms with van der Waals surface area (Å²) in [5, 5.41) is 3.50. The van der Waals surface area contributed by atoms with Crippen LogP contribution in [0.2, 0.25) is 0 Å². The molecule has 1 aromatic rings. The van der Waals surface area contributed by atoms with E-state index in [0.717, 1.165) is 36.3 Å². The molecule has 4 heteroatoms. The van der Waals surface area contributed by atoms with Crippen LogP contribution in [-0.4, -0.2) is 44.3 Å². The minimum Gasteiger partial charge on any atom is -0.496 e. The van der Waals surface area contributed by atoms with Crippen LogP contribution < -0.4 is 14.8 Å². The first-order valence-corrected chi connectivity index (χ1v) is 8.02. The van der Waals surface area contributed by atoms with Crippen molar-refractivity contribution in [3.63, 3.8) is 0 Å². The fourth-order valence-corrected chi connectivity index (χ4v) is 4.12. The van der Waals surface area contributed by atoms with Crippen LogP contribution >= 0.6 is 0 Å². The maximum atomic E-state index is 5.90. The molecule has 1 aromatic carbocycles. The summed E-state index contributed by atoms with van der Waals surface area (Å²) in [5.74, 6) is 3.74. The Labute approximate surface area is 126 Å². The number of likely N-dealkylation sites (tertiary alicyclic amines) is 1. The van der Waals surface area contributed by atoms with E-state index in [2.05, 4.69) is 29.3 Å². The Hall–Kier alpha value is -1.26. The summed E-state index contributed by atoms with van der Waals surface area (Å²) in [5.41, 5.74) is 2.55. The molecule has 4 rings (SSSR count). The molecule has 0 bridgehead atoms. The van der Waals surface area contributed by atoms with Crippen molar-refractivity contribution in [2.45, 2.75) is 26.0 Å². The monoisotopic (exact) mass is 288 g/mol. The van der Waals surface area contributed by atoms with Gasteiger partial charge in [-0.05, 0) is 44.0 Å². The molecule has 3 heterocycles. The lowest BCUT2D eigenvalue weighted by molar-refractivity contribution is 0.253. The molecule has 21 heavy (non-hydrogen) atoms. The highest BCUT2D eigenvalue weighted by Gasteiger charge is 2.36. The topological polar surface area (TPSA) is 33.7 Å². The SMILES string of the molecule is COc1cc2c(cc1CN1CC3CNCC3C1)OC(C)C2. The Bertz CT molecular complexity index is 534. The van der Waals surface area contributed by atoms with Crippen LogP contribution in [0.1, 0.15) is 18.1 Å². The highest BCUT2D eigenvalue weighted by molar-refractivity contribution is 5.48. The third-order valence-corrected chi connectivity index (χ3v) is 5.16. The summed E-state index contributed by atoms with van der Waals surface area (Å²) < 4.78 is 11.5. The first kappa shape index (κ1) is 13.4.